The number of esters is 2. The van der Waals surface area contributed by atoms with Crippen LogP contribution < -0.4 is 16.0 Å². The summed E-state index contributed by atoms with van der Waals surface area (Å²) < 4.78 is 30.1. The SMILES string of the molecule is CCOC(=O)/C=C/[C@H](CCC(=O)NC(c1ccccc1)(c1ccccc1)c1ccccc1)NC(=O)[C@H](Cc1ccc(F)cc1)OC(=O)[C@@H](NC(=O)OC(C)(C)C)C(C)C. The molecule has 3 N–H and O–H groups in total. The van der Waals surface area contributed by atoms with E-state index in [2.05, 4.69) is 16.0 Å². The lowest BCUT2D eigenvalue weighted by Crippen LogP contribution is -2.50. The lowest BCUT2D eigenvalue weighted by Gasteiger charge is -2.37. The van der Waals surface area contributed by atoms with Crippen LogP contribution in [0.5, 0.6) is 0 Å². The number of carbonyl (C=O) groups is 5. The average molecular weight is 808 g/mol. The Balaban J connectivity index is 1.63. The van der Waals surface area contributed by atoms with Crippen molar-refractivity contribution < 1.29 is 42.6 Å². The number of hydrogen-bond acceptors (Lipinski definition) is 8. The minimum Gasteiger partial charge on any atom is -0.463 e. The number of rotatable bonds is 18. The molecule has 0 fully saturated rings. The number of nitrogens with one attached hydrogen (secondary N) is 3. The molecule has 0 aromatic heterocycles. The second-order valence-electron chi connectivity index (χ2n) is 15.3. The Morgan fingerprint density at radius 1 is 0.746 bits per heavy atom. The van der Waals surface area contributed by atoms with Gasteiger partial charge in [-0.1, -0.05) is 123 Å². The molecule has 312 valence electrons. The molecule has 3 atom stereocenters. The lowest BCUT2D eigenvalue weighted by atomic mass is 9.77. The first-order chi connectivity index (χ1) is 28.1. The molecule has 0 bridgehead atoms. The number of halogens is 1. The first kappa shape index (κ1) is 45.4. The van der Waals surface area contributed by atoms with E-state index in [0.717, 1.165) is 22.8 Å². The second kappa shape index (κ2) is 21.5. The van der Waals surface area contributed by atoms with E-state index in [4.69, 9.17) is 14.2 Å². The zero-order valence-corrected chi connectivity index (χ0v) is 34.4. The van der Waals surface area contributed by atoms with Gasteiger partial charge in [-0.15, -0.1) is 0 Å². The molecule has 3 amide bonds. The van der Waals surface area contributed by atoms with E-state index < -0.39 is 65.0 Å². The highest BCUT2D eigenvalue weighted by molar-refractivity contribution is 5.88. The van der Waals surface area contributed by atoms with Gasteiger partial charge >= 0.3 is 18.0 Å². The third-order valence-electron chi connectivity index (χ3n) is 9.19. The molecule has 4 rings (SSSR count). The van der Waals surface area contributed by atoms with E-state index in [0.29, 0.717) is 5.56 Å². The number of alkyl carbamates (subject to hydrolysis) is 1. The predicted octanol–water partition coefficient (Wildman–Crippen LogP) is 7.32. The zero-order valence-electron chi connectivity index (χ0n) is 34.4. The van der Waals surface area contributed by atoms with Crippen LogP contribution in [0.4, 0.5) is 9.18 Å². The first-order valence-electron chi connectivity index (χ1n) is 19.7. The maximum Gasteiger partial charge on any atom is 0.408 e. The Labute approximate surface area is 345 Å². The minimum absolute atomic E-state index is 0.0218. The van der Waals surface area contributed by atoms with Crippen LogP contribution in [0.2, 0.25) is 0 Å². The van der Waals surface area contributed by atoms with Crippen molar-refractivity contribution in [2.45, 2.75) is 90.1 Å². The third kappa shape index (κ3) is 13.7. The second-order valence-corrected chi connectivity index (χ2v) is 15.3. The Bertz CT molecular complexity index is 1920. The topological polar surface area (TPSA) is 149 Å². The van der Waals surface area contributed by atoms with E-state index in [9.17, 15) is 28.4 Å². The number of benzene rings is 4. The highest BCUT2D eigenvalue weighted by Gasteiger charge is 2.38. The molecule has 0 unspecified atom stereocenters. The van der Waals surface area contributed by atoms with Gasteiger partial charge in [0.25, 0.3) is 5.91 Å². The fourth-order valence-corrected chi connectivity index (χ4v) is 6.38. The van der Waals surface area contributed by atoms with Crippen LogP contribution in [0.25, 0.3) is 0 Å². The van der Waals surface area contributed by atoms with Crippen molar-refractivity contribution in [3.63, 3.8) is 0 Å². The largest absolute Gasteiger partial charge is 0.463 e. The predicted molar refractivity (Wildman–Crippen MR) is 222 cm³/mol. The van der Waals surface area contributed by atoms with Crippen molar-refractivity contribution in [3.05, 3.63) is 155 Å². The number of carbonyl (C=O) groups excluding carboxylic acids is 5. The lowest BCUT2D eigenvalue weighted by molar-refractivity contribution is -0.159. The molecule has 0 heterocycles. The third-order valence-corrected chi connectivity index (χ3v) is 9.19. The van der Waals surface area contributed by atoms with Crippen molar-refractivity contribution in [2.75, 3.05) is 6.61 Å². The summed E-state index contributed by atoms with van der Waals surface area (Å²) in [5.74, 6) is -3.62. The molecule has 0 aliphatic carbocycles. The van der Waals surface area contributed by atoms with E-state index in [1.807, 2.05) is 91.0 Å². The summed E-state index contributed by atoms with van der Waals surface area (Å²) in [6.45, 7) is 10.2. The van der Waals surface area contributed by atoms with Crippen molar-refractivity contribution in [3.8, 4) is 0 Å². The number of ether oxygens (including phenoxy) is 3. The number of hydrogen-bond donors (Lipinski definition) is 3. The quantitative estimate of drug-likeness (QED) is 0.0410. The van der Waals surface area contributed by atoms with E-state index in [1.165, 1.54) is 30.3 Å². The zero-order chi connectivity index (χ0) is 43.0. The van der Waals surface area contributed by atoms with Gasteiger partial charge in [0.15, 0.2) is 6.10 Å². The van der Waals surface area contributed by atoms with Gasteiger partial charge in [-0.25, -0.2) is 18.8 Å². The fourth-order valence-electron chi connectivity index (χ4n) is 6.38. The molecular formula is C47H54FN3O8. The van der Waals surface area contributed by atoms with Gasteiger partial charge in [0.1, 0.15) is 23.0 Å². The summed E-state index contributed by atoms with van der Waals surface area (Å²) in [6.07, 6.45) is 0.0274. The average Bonchev–Trinajstić information content (AvgIpc) is 3.20. The van der Waals surface area contributed by atoms with Gasteiger partial charge in [0.05, 0.1) is 6.61 Å². The summed E-state index contributed by atoms with van der Waals surface area (Å²) in [5, 5.41) is 8.66. The fraction of sp³-hybridized carbons (Fsp3) is 0.340. The Kier molecular flexibility index (Phi) is 16.5. The summed E-state index contributed by atoms with van der Waals surface area (Å²) >= 11 is 0. The molecule has 0 aliphatic heterocycles. The van der Waals surface area contributed by atoms with Crippen LogP contribution in [-0.4, -0.2) is 60.2 Å². The first-order valence-corrected chi connectivity index (χ1v) is 19.7. The van der Waals surface area contributed by atoms with Crippen molar-refractivity contribution >= 4 is 29.8 Å². The normalized spacial score (nSPS) is 13.2. The summed E-state index contributed by atoms with van der Waals surface area (Å²) in [5.41, 5.74) is 1.03. The van der Waals surface area contributed by atoms with Gasteiger partial charge in [-0.3, -0.25) is 9.59 Å². The van der Waals surface area contributed by atoms with E-state index in [-0.39, 0.29) is 31.8 Å². The summed E-state index contributed by atoms with van der Waals surface area (Å²) in [6, 6.07) is 32.0. The highest BCUT2D eigenvalue weighted by atomic mass is 19.1. The number of amides is 3. The molecule has 4 aromatic carbocycles. The van der Waals surface area contributed by atoms with Crippen LogP contribution in [-0.2, 0) is 45.3 Å². The van der Waals surface area contributed by atoms with Crippen LogP contribution in [0.15, 0.2) is 127 Å². The molecule has 11 nitrogen and oxygen atoms in total. The monoisotopic (exact) mass is 807 g/mol. The van der Waals surface area contributed by atoms with Gasteiger partial charge in [0, 0.05) is 25.0 Å². The smallest absolute Gasteiger partial charge is 0.408 e. The molecule has 59 heavy (non-hydrogen) atoms. The molecule has 0 saturated carbocycles. The van der Waals surface area contributed by atoms with Gasteiger partial charge in [-0.05, 0) is 74.4 Å². The highest BCUT2D eigenvalue weighted by Crippen LogP contribution is 2.37. The molecule has 4 aromatic rings. The van der Waals surface area contributed by atoms with Gasteiger partial charge in [0.2, 0.25) is 5.91 Å². The molecule has 12 heteroatoms. The van der Waals surface area contributed by atoms with Gasteiger partial charge < -0.3 is 30.2 Å². The van der Waals surface area contributed by atoms with Crippen LogP contribution in [0.3, 0.4) is 0 Å². The maximum absolute atomic E-state index is 14.2. The van der Waals surface area contributed by atoms with Crippen molar-refractivity contribution in [2.24, 2.45) is 5.92 Å². The van der Waals surface area contributed by atoms with E-state index in [1.54, 1.807) is 41.5 Å². The Morgan fingerprint density at radius 3 is 1.75 bits per heavy atom. The van der Waals surface area contributed by atoms with Gasteiger partial charge in [-0.2, -0.15) is 0 Å². The molecule has 0 spiro atoms. The van der Waals surface area contributed by atoms with Crippen LogP contribution in [0, 0.1) is 11.7 Å². The van der Waals surface area contributed by atoms with Crippen LogP contribution in [0.1, 0.15) is 76.6 Å². The molecule has 0 saturated heterocycles. The maximum atomic E-state index is 14.2. The molecule has 0 aliphatic rings. The van der Waals surface area contributed by atoms with E-state index >= 15 is 0 Å². The summed E-state index contributed by atoms with van der Waals surface area (Å²) in [4.78, 5) is 67.1. The van der Waals surface area contributed by atoms with Crippen LogP contribution >= 0.6 is 0 Å². The minimum atomic E-state index is -1.47. The molecule has 0 radical (unpaired) electrons. The summed E-state index contributed by atoms with van der Waals surface area (Å²) in [7, 11) is 0. The Morgan fingerprint density at radius 2 is 1.27 bits per heavy atom. The standard InChI is InChI=1S/C47H54FN3O8/c1-7-57-41(53)30-28-38(27-29-40(52)51-47(34-17-11-8-12-18-34,35-19-13-9-14-20-35)36-21-15-10-16-22-36)49-43(54)39(31-33-23-25-37(48)26-24-33)58-44(55)42(32(2)3)50-45(56)59-46(4,5)6/h8-26,28,30,32,38-39,42H,7,27,29,31H2,1-6H3,(H,49,54)(H,50,56)(H,51,52)/b30-28+/t38-,39-,42-/m0/s1. The molecular weight excluding hydrogens is 754 g/mol. The van der Waals surface area contributed by atoms with Crippen molar-refractivity contribution in [1.29, 1.82) is 0 Å². The van der Waals surface area contributed by atoms with Crippen molar-refractivity contribution in [1.82, 2.24) is 16.0 Å². The Hall–Kier alpha value is -6.30.